The summed E-state index contributed by atoms with van der Waals surface area (Å²) < 4.78 is 9.86. The first-order valence-corrected chi connectivity index (χ1v) is 5.30. The Labute approximate surface area is 89.8 Å². The highest BCUT2D eigenvalue weighted by molar-refractivity contribution is 5.76. The molecule has 84 valence electrons. The Morgan fingerprint density at radius 3 is 2.87 bits per heavy atom. The molecule has 0 aromatic rings. The number of hydrogen-bond donors (Lipinski definition) is 0. The Bertz CT molecular complexity index is 288. The maximum absolute atomic E-state index is 11.5. The average Bonchev–Trinajstić information content (AvgIpc) is 2.29. The van der Waals surface area contributed by atoms with Crippen molar-refractivity contribution in [1.82, 2.24) is 4.90 Å². The lowest BCUT2D eigenvalue weighted by Gasteiger charge is -2.45. The van der Waals surface area contributed by atoms with Gasteiger partial charge in [-0.2, -0.15) is 0 Å². The molecule has 15 heavy (non-hydrogen) atoms. The van der Waals surface area contributed by atoms with Crippen molar-refractivity contribution in [3.8, 4) is 0 Å². The molecule has 3 saturated heterocycles. The number of rotatable bonds is 2. The van der Waals surface area contributed by atoms with E-state index in [0.29, 0.717) is 5.92 Å². The minimum Gasteiger partial charge on any atom is -0.504 e. The van der Waals surface area contributed by atoms with Gasteiger partial charge in [-0.3, -0.25) is 9.69 Å². The van der Waals surface area contributed by atoms with Crippen molar-refractivity contribution < 1.29 is 14.3 Å². The number of carbonyl (C=O) groups is 1. The molecular formula is C11H17NO3. The largest absolute Gasteiger partial charge is 0.504 e. The van der Waals surface area contributed by atoms with Crippen LogP contribution < -0.4 is 0 Å². The predicted octanol–water partition coefficient (Wildman–Crippen LogP) is 0.784. The van der Waals surface area contributed by atoms with Crippen LogP contribution in [0.25, 0.3) is 0 Å². The van der Waals surface area contributed by atoms with Crippen LogP contribution in [0.1, 0.15) is 12.8 Å². The zero-order valence-electron chi connectivity index (χ0n) is 9.23. The lowest BCUT2D eigenvalue weighted by molar-refractivity contribution is -0.150. The summed E-state index contributed by atoms with van der Waals surface area (Å²) in [7, 11) is 3.13. The van der Waals surface area contributed by atoms with Gasteiger partial charge in [0.15, 0.2) is 0 Å². The summed E-state index contributed by atoms with van der Waals surface area (Å²) in [6, 6.07) is -0.0391. The van der Waals surface area contributed by atoms with Crippen molar-refractivity contribution in [3.63, 3.8) is 0 Å². The number of ether oxygens (including phenoxy) is 2. The molecule has 4 heteroatoms. The highest BCUT2D eigenvalue weighted by Gasteiger charge is 2.40. The number of hydrogen-bond acceptors (Lipinski definition) is 4. The summed E-state index contributed by atoms with van der Waals surface area (Å²) in [6.45, 7) is 1.84. The topological polar surface area (TPSA) is 38.8 Å². The van der Waals surface area contributed by atoms with Crippen LogP contribution in [0.3, 0.4) is 0 Å². The molecule has 2 bridgehead atoms. The maximum Gasteiger partial charge on any atom is 0.323 e. The first-order chi connectivity index (χ1) is 7.26. The molecule has 0 radical (unpaired) electrons. The summed E-state index contributed by atoms with van der Waals surface area (Å²) in [5.41, 5.74) is 1.31. The van der Waals surface area contributed by atoms with E-state index in [2.05, 4.69) is 4.90 Å². The molecule has 0 saturated carbocycles. The highest BCUT2D eigenvalue weighted by atomic mass is 16.5. The van der Waals surface area contributed by atoms with Gasteiger partial charge in [-0.05, 0) is 30.9 Å². The summed E-state index contributed by atoms with van der Waals surface area (Å²) in [5, 5.41) is 0. The second-order valence-corrected chi connectivity index (χ2v) is 4.16. The lowest BCUT2D eigenvalue weighted by atomic mass is 9.80. The van der Waals surface area contributed by atoms with Crippen molar-refractivity contribution in [1.29, 1.82) is 0 Å². The molecule has 3 aliphatic heterocycles. The van der Waals surface area contributed by atoms with E-state index in [0.717, 1.165) is 25.9 Å². The molecular weight excluding hydrogens is 194 g/mol. The molecule has 3 atom stereocenters. The summed E-state index contributed by atoms with van der Waals surface area (Å²) in [6.07, 6.45) is 3.83. The van der Waals surface area contributed by atoms with E-state index in [1.54, 1.807) is 7.11 Å². The Hall–Kier alpha value is -1.03. The summed E-state index contributed by atoms with van der Waals surface area (Å²) >= 11 is 0. The van der Waals surface area contributed by atoms with E-state index in [-0.39, 0.29) is 12.0 Å². The van der Waals surface area contributed by atoms with E-state index in [1.807, 2.05) is 6.26 Å². The standard InChI is InChI=1S/C11H17NO3/c1-14-7-9-6-12-4-3-8(9)5-10(12)11(13)15-2/h7-8,10H,3-6H2,1-2H3. The highest BCUT2D eigenvalue weighted by Crippen LogP contribution is 2.36. The first-order valence-electron chi connectivity index (χ1n) is 5.30. The molecule has 3 rings (SSSR count). The molecule has 3 fully saturated rings. The zero-order valence-corrected chi connectivity index (χ0v) is 9.23. The lowest BCUT2D eigenvalue weighted by Crippen LogP contribution is -2.53. The van der Waals surface area contributed by atoms with Crippen LogP contribution in [0.5, 0.6) is 0 Å². The van der Waals surface area contributed by atoms with Gasteiger partial charge in [-0.25, -0.2) is 0 Å². The van der Waals surface area contributed by atoms with Crippen molar-refractivity contribution in [3.05, 3.63) is 11.8 Å². The van der Waals surface area contributed by atoms with Gasteiger partial charge in [0.1, 0.15) is 6.04 Å². The number of esters is 1. The van der Waals surface area contributed by atoms with Gasteiger partial charge in [0, 0.05) is 6.54 Å². The van der Waals surface area contributed by atoms with Crippen LogP contribution in [0, 0.1) is 5.92 Å². The molecule has 0 N–H and O–H groups in total. The molecule has 0 amide bonds. The van der Waals surface area contributed by atoms with Gasteiger partial charge < -0.3 is 9.47 Å². The number of nitrogens with zero attached hydrogens (tertiary/aromatic N) is 1. The molecule has 3 unspecified atom stereocenters. The fourth-order valence-electron chi connectivity index (χ4n) is 2.57. The Morgan fingerprint density at radius 1 is 1.53 bits per heavy atom. The molecule has 3 aliphatic rings. The third-order valence-electron chi connectivity index (χ3n) is 3.37. The zero-order chi connectivity index (χ0) is 10.8. The third kappa shape index (κ3) is 1.86. The first kappa shape index (κ1) is 10.5. The van der Waals surface area contributed by atoms with Crippen molar-refractivity contribution in [2.45, 2.75) is 18.9 Å². The second kappa shape index (κ2) is 4.23. The van der Waals surface area contributed by atoms with Crippen LogP contribution in [0.2, 0.25) is 0 Å². The minimum absolute atomic E-state index is 0.0391. The van der Waals surface area contributed by atoms with E-state index in [1.165, 1.54) is 12.7 Å². The Kier molecular flexibility index (Phi) is 2.95. The molecule has 0 aromatic heterocycles. The summed E-state index contributed by atoms with van der Waals surface area (Å²) in [5.74, 6) is 0.398. The molecule has 0 aliphatic carbocycles. The minimum atomic E-state index is -0.101. The normalized spacial score (nSPS) is 36.7. The monoisotopic (exact) mass is 211 g/mol. The van der Waals surface area contributed by atoms with Gasteiger partial charge in [-0.1, -0.05) is 0 Å². The quantitative estimate of drug-likeness (QED) is 0.500. The van der Waals surface area contributed by atoms with Crippen LogP contribution >= 0.6 is 0 Å². The van der Waals surface area contributed by atoms with Gasteiger partial charge in [0.2, 0.25) is 0 Å². The number of fused-ring (bicyclic) bond motifs is 3. The Morgan fingerprint density at radius 2 is 2.33 bits per heavy atom. The predicted molar refractivity (Wildman–Crippen MR) is 55.2 cm³/mol. The van der Waals surface area contributed by atoms with Gasteiger partial charge in [-0.15, -0.1) is 0 Å². The van der Waals surface area contributed by atoms with E-state index < -0.39 is 0 Å². The van der Waals surface area contributed by atoms with Crippen molar-refractivity contribution >= 4 is 5.97 Å². The third-order valence-corrected chi connectivity index (χ3v) is 3.37. The van der Waals surface area contributed by atoms with Crippen LogP contribution in [-0.4, -0.2) is 44.2 Å². The Balaban J connectivity index is 2.09. The summed E-state index contributed by atoms with van der Waals surface area (Å²) in [4.78, 5) is 13.7. The number of piperidine rings is 3. The van der Waals surface area contributed by atoms with Crippen molar-refractivity contribution in [2.24, 2.45) is 5.92 Å². The maximum atomic E-state index is 11.5. The smallest absolute Gasteiger partial charge is 0.323 e. The fourth-order valence-corrected chi connectivity index (χ4v) is 2.57. The number of carbonyl (C=O) groups excluding carboxylic acids is 1. The molecule has 0 aromatic carbocycles. The second-order valence-electron chi connectivity index (χ2n) is 4.16. The van der Waals surface area contributed by atoms with Crippen LogP contribution in [-0.2, 0) is 14.3 Å². The van der Waals surface area contributed by atoms with E-state index >= 15 is 0 Å². The number of methoxy groups -OCH3 is 2. The average molecular weight is 211 g/mol. The van der Waals surface area contributed by atoms with E-state index in [9.17, 15) is 4.79 Å². The van der Waals surface area contributed by atoms with E-state index in [4.69, 9.17) is 9.47 Å². The van der Waals surface area contributed by atoms with Crippen molar-refractivity contribution in [2.75, 3.05) is 27.3 Å². The molecule has 3 heterocycles. The van der Waals surface area contributed by atoms with Gasteiger partial charge in [0.05, 0.1) is 20.5 Å². The van der Waals surface area contributed by atoms with Gasteiger partial charge in [0.25, 0.3) is 0 Å². The van der Waals surface area contributed by atoms with Crippen LogP contribution in [0.15, 0.2) is 11.8 Å². The molecule has 4 nitrogen and oxygen atoms in total. The van der Waals surface area contributed by atoms with Gasteiger partial charge >= 0.3 is 5.97 Å². The molecule has 0 spiro atoms. The fraction of sp³-hybridized carbons (Fsp3) is 0.727. The van der Waals surface area contributed by atoms with Crippen LogP contribution in [0.4, 0.5) is 0 Å². The SMILES string of the molecule is COC=C1CN2CCC1CC2C(=O)OC.